The molecule has 0 aliphatic carbocycles. The first-order valence-corrected chi connectivity index (χ1v) is 5.37. The van der Waals surface area contributed by atoms with Crippen LogP contribution in [-0.4, -0.2) is 12.6 Å². The third-order valence-electron chi connectivity index (χ3n) is 1.88. The van der Waals surface area contributed by atoms with Crippen molar-refractivity contribution in [2.75, 3.05) is 6.61 Å². The Morgan fingerprint density at radius 3 is 2.44 bits per heavy atom. The van der Waals surface area contributed by atoms with Crippen LogP contribution in [0.25, 0.3) is 0 Å². The quantitative estimate of drug-likeness (QED) is 0.279. The Morgan fingerprint density at radius 1 is 1.31 bits per heavy atom. The van der Waals surface area contributed by atoms with E-state index < -0.39 is 0 Å². The van der Waals surface area contributed by atoms with Gasteiger partial charge in [0, 0.05) is 0 Å². The fourth-order valence-electron chi connectivity index (χ4n) is 1.07. The third kappa shape index (κ3) is 11.5. The summed E-state index contributed by atoms with van der Waals surface area (Å²) in [4.78, 5) is 11.0. The molecule has 0 saturated heterocycles. The molecule has 0 atom stereocenters. The van der Waals surface area contributed by atoms with Crippen LogP contribution < -0.4 is 18.9 Å². The topological polar surface area (TPSA) is 26.3 Å². The van der Waals surface area contributed by atoms with Crippen LogP contribution in [0.1, 0.15) is 40.5 Å². The van der Waals surface area contributed by atoms with Crippen molar-refractivity contribution in [3.05, 3.63) is 29.7 Å². The fraction of sp³-hybridized carbons (Fsp3) is 0.538. The number of carbonyl (C=O) groups is 1. The number of hydrogen-bond donors (Lipinski definition) is 0. The molecule has 0 saturated carbocycles. The Morgan fingerprint density at radius 2 is 1.94 bits per heavy atom. The smallest absolute Gasteiger partial charge is 0.476 e. The molecule has 0 aromatic heterocycles. The maximum absolute atomic E-state index is 11.0. The van der Waals surface area contributed by atoms with E-state index in [-0.39, 0.29) is 24.8 Å². The van der Waals surface area contributed by atoms with Gasteiger partial charge >= 0.3 is 18.9 Å². The maximum atomic E-state index is 11.0. The average molecular weight is 216 g/mol. The fourth-order valence-corrected chi connectivity index (χ4v) is 1.07. The standard InChI is InChI=1S/C13H21O2.Li/c1-5-15-13(14)10-9-12(4)8-6-7-11(2)3;/h7,9-10H,5-6,8H2,1-4H3;/q-1;+1/b12-9+;. The van der Waals surface area contributed by atoms with Gasteiger partial charge in [0.25, 0.3) is 0 Å². The van der Waals surface area contributed by atoms with E-state index >= 15 is 0 Å². The predicted octanol–water partition coefficient (Wildman–Crippen LogP) is 0.450. The van der Waals surface area contributed by atoms with Crippen LogP contribution in [0.5, 0.6) is 0 Å². The van der Waals surface area contributed by atoms with E-state index in [1.165, 1.54) is 17.6 Å². The van der Waals surface area contributed by atoms with E-state index in [4.69, 9.17) is 4.74 Å². The van der Waals surface area contributed by atoms with Crippen molar-refractivity contribution in [2.24, 2.45) is 0 Å². The molecule has 3 heteroatoms. The molecule has 2 nitrogen and oxygen atoms in total. The van der Waals surface area contributed by atoms with Crippen LogP contribution in [0.3, 0.4) is 0 Å². The second-order valence-electron chi connectivity index (χ2n) is 3.75. The van der Waals surface area contributed by atoms with E-state index in [1.807, 2.05) is 13.0 Å². The van der Waals surface area contributed by atoms with Gasteiger partial charge in [-0.05, 0) is 27.2 Å². The Hall–Kier alpha value is -0.583. The van der Waals surface area contributed by atoms with E-state index in [0.717, 1.165) is 12.8 Å². The first kappa shape index (κ1) is 17.8. The number of esters is 1. The summed E-state index contributed by atoms with van der Waals surface area (Å²) in [7, 11) is 0. The van der Waals surface area contributed by atoms with Gasteiger partial charge in [0.15, 0.2) is 0 Å². The molecule has 0 N–H and O–H groups in total. The maximum Gasteiger partial charge on any atom is 1.00 e. The average Bonchev–Trinajstić information content (AvgIpc) is 2.14. The number of ether oxygens (including phenoxy) is 1. The van der Waals surface area contributed by atoms with Gasteiger partial charge in [-0.25, -0.2) is 11.6 Å². The molecule has 0 aromatic carbocycles. The number of hydrogen-bond acceptors (Lipinski definition) is 2. The third-order valence-corrected chi connectivity index (χ3v) is 1.88. The Balaban J connectivity index is 0. The van der Waals surface area contributed by atoms with Crippen molar-refractivity contribution >= 4 is 5.97 Å². The van der Waals surface area contributed by atoms with Gasteiger partial charge in [-0.2, -0.15) is 0 Å². The minimum atomic E-state index is -0.265. The molecule has 0 fully saturated rings. The van der Waals surface area contributed by atoms with Crippen LogP contribution >= 0.6 is 0 Å². The molecule has 0 aromatic rings. The largest absolute Gasteiger partial charge is 1.00 e. The molecule has 0 unspecified atom stereocenters. The molecule has 0 amide bonds. The van der Waals surface area contributed by atoms with Crippen LogP contribution in [0, 0.1) is 6.42 Å². The van der Waals surface area contributed by atoms with Gasteiger partial charge in [-0.3, -0.25) is 4.79 Å². The summed E-state index contributed by atoms with van der Waals surface area (Å²) in [5, 5.41) is 0. The number of allylic oxidation sites excluding steroid dienone is 3. The SMILES string of the molecule is CCOC(=O)[CH-]/C=C(\C)CCC=C(C)C.[Li+]. The minimum Gasteiger partial charge on any atom is -0.476 e. The summed E-state index contributed by atoms with van der Waals surface area (Å²) >= 11 is 0. The molecule has 0 rings (SSSR count). The number of rotatable bonds is 6. The molecule has 0 heterocycles. The Bertz CT molecular complexity index is 251. The minimum absolute atomic E-state index is 0. The van der Waals surface area contributed by atoms with E-state index in [2.05, 4.69) is 19.9 Å². The van der Waals surface area contributed by atoms with Gasteiger partial charge < -0.3 is 4.74 Å². The van der Waals surface area contributed by atoms with E-state index in [1.54, 1.807) is 6.92 Å². The molecule has 0 aliphatic rings. The predicted molar refractivity (Wildman–Crippen MR) is 63.4 cm³/mol. The molecular weight excluding hydrogens is 195 g/mol. The summed E-state index contributed by atoms with van der Waals surface area (Å²) in [5.41, 5.74) is 2.53. The zero-order valence-electron chi connectivity index (χ0n) is 11.2. The van der Waals surface area contributed by atoms with Crippen LogP contribution in [-0.2, 0) is 9.53 Å². The molecule has 0 aliphatic heterocycles. The first-order chi connectivity index (χ1) is 7.06. The first-order valence-electron chi connectivity index (χ1n) is 5.37. The van der Waals surface area contributed by atoms with Crippen molar-refractivity contribution in [3.8, 4) is 0 Å². The van der Waals surface area contributed by atoms with Crippen molar-refractivity contribution in [2.45, 2.75) is 40.5 Å². The molecule has 86 valence electrons. The van der Waals surface area contributed by atoms with Gasteiger partial charge in [-0.1, -0.05) is 18.1 Å². The summed E-state index contributed by atoms with van der Waals surface area (Å²) < 4.78 is 4.78. The zero-order valence-corrected chi connectivity index (χ0v) is 11.2. The van der Waals surface area contributed by atoms with Gasteiger partial charge in [0.05, 0.1) is 6.61 Å². The van der Waals surface area contributed by atoms with Gasteiger partial charge in [-0.15, -0.1) is 13.3 Å². The van der Waals surface area contributed by atoms with Crippen molar-refractivity contribution in [1.82, 2.24) is 0 Å². The summed E-state index contributed by atoms with van der Waals surface area (Å²) in [6.07, 6.45) is 7.53. The van der Waals surface area contributed by atoms with Gasteiger partial charge in [0.2, 0.25) is 5.97 Å². The molecular formula is C13H21LiO2. The zero-order chi connectivity index (χ0) is 11.7. The monoisotopic (exact) mass is 216 g/mol. The van der Waals surface area contributed by atoms with E-state index in [9.17, 15) is 4.79 Å². The second-order valence-corrected chi connectivity index (χ2v) is 3.75. The Labute approximate surface area is 111 Å². The normalized spacial score (nSPS) is 10.1. The van der Waals surface area contributed by atoms with Gasteiger partial charge in [0.1, 0.15) is 0 Å². The number of carbonyl (C=O) groups excluding carboxylic acids is 1. The van der Waals surface area contributed by atoms with Crippen LogP contribution in [0.4, 0.5) is 0 Å². The van der Waals surface area contributed by atoms with Crippen molar-refractivity contribution in [1.29, 1.82) is 0 Å². The molecule has 16 heavy (non-hydrogen) atoms. The van der Waals surface area contributed by atoms with Crippen LogP contribution in [0.2, 0.25) is 0 Å². The summed E-state index contributed by atoms with van der Waals surface area (Å²) in [5.74, 6) is -0.265. The molecule has 0 spiro atoms. The summed E-state index contributed by atoms with van der Waals surface area (Å²) in [6.45, 7) is 8.43. The molecule has 0 bridgehead atoms. The van der Waals surface area contributed by atoms with Crippen molar-refractivity contribution in [3.63, 3.8) is 0 Å². The van der Waals surface area contributed by atoms with E-state index in [0.29, 0.717) is 6.61 Å². The Kier molecular flexibility index (Phi) is 12.1. The second kappa shape index (κ2) is 10.9. The molecule has 0 radical (unpaired) electrons. The van der Waals surface area contributed by atoms with Crippen LogP contribution in [0.15, 0.2) is 23.3 Å². The summed E-state index contributed by atoms with van der Waals surface area (Å²) in [6, 6.07) is 0. The van der Waals surface area contributed by atoms with Crippen molar-refractivity contribution < 1.29 is 28.4 Å².